The van der Waals surface area contributed by atoms with E-state index < -0.39 is 0 Å². The van der Waals surface area contributed by atoms with E-state index in [9.17, 15) is 4.79 Å². The van der Waals surface area contributed by atoms with Crippen molar-refractivity contribution < 1.29 is 4.79 Å². The quantitative estimate of drug-likeness (QED) is 0.668. The van der Waals surface area contributed by atoms with E-state index in [1.54, 1.807) is 12.1 Å². The highest BCUT2D eigenvalue weighted by Gasteiger charge is 2.15. The molecule has 22 heavy (non-hydrogen) atoms. The Morgan fingerprint density at radius 3 is 2.41 bits per heavy atom. The van der Waals surface area contributed by atoms with Crippen LogP contribution in [0, 0.1) is 13.8 Å². The van der Waals surface area contributed by atoms with E-state index in [2.05, 4.69) is 46.6 Å². The van der Waals surface area contributed by atoms with E-state index in [0.717, 1.165) is 17.1 Å². The van der Waals surface area contributed by atoms with Crippen molar-refractivity contribution in [3.63, 3.8) is 0 Å². The van der Waals surface area contributed by atoms with Gasteiger partial charge in [0, 0.05) is 16.9 Å². The lowest BCUT2D eigenvalue weighted by Crippen LogP contribution is -2.13. The first-order chi connectivity index (χ1) is 10.5. The fourth-order valence-corrected chi connectivity index (χ4v) is 2.29. The lowest BCUT2D eigenvalue weighted by atomic mass is 10.2. The number of halogens is 1. The van der Waals surface area contributed by atoms with Crippen LogP contribution < -0.4 is 5.32 Å². The molecule has 1 amide bonds. The topological polar surface area (TPSA) is 99.3 Å². The Bertz CT molecular complexity index is 820. The van der Waals surface area contributed by atoms with Crippen LogP contribution >= 0.6 is 15.9 Å². The maximum absolute atomic E-state index is 12.2. The summed E-state index contributed by atoms with van der Waals surface area (Å²) in [4.78, 5) is 16.4. The number of benzene rings is 1. The number of carbonyl (C=O) groups is 1. The number of H-pyrrole nitrogens is 2. The summed E-state index contributed by atoms with van der Waals surface area (Å²) in [7, 11) is 0. The van der Waals surface area contributed by atoms with Gasteiger partial charge in [-0.25, -0.2) is 4.98 Å². The minimum Gasteiger partial charge on any atom is -0.321 e. The summed E-state index contributed by atoms with van der Waals surface area (Å²) in [6.45, 7) is 3.68. The lowest BCUT2D eigenvalue weighted by molar-refractivity contribution is 0.102. The summed E-state index contributed by atoms with van der Waals surface area (Å²) >= 11 is 3.33. The maximum Gasteiger partial charge on any atom is 0.277 e. The number of aromatic amines is 2. The first kappa shape index (κ1) is 14.5. The number of nitrogens with zero attached hydrogens (tertiary/aromatic N) is 3. The molecule has 3 rings (SSSR count). The van der Waals surface area contributed by atoms with Crippen LogP contribution in [0.4, 0.5) is 5.69 Å². The van der Waals surface area contributed by atoms with Gasteiger partial charge in [-0.1, -0.05) is 0 Å². The Kier molecular flexibility index (Phi) is 3.76. The Morgan fingerprint density at radius 2 is 1.86 bits per heavy atom. The van der Waals surface area contributed by atoms with Crippen molar-refractivity contribution in [3.8, 4) is 11.4 Å². The molecule has 3 N–H and O–H groups in total. The predicted molar refractivity (Wildman–Crippen MR) is 85.5 cm³/mol. The second-order valence-electron chi connectivity index (χ2n) is 4.79. The smallest absolute Gasteiger partial charge is 0.277 e. The minimum absolute atomic E-state index is 0.280. The van der Waals surface area contributed by atoms with Gasteiger partial charge in [-0.05, 0) is 54.0 Å². The number of aromatic nitrogens is 5. The number of hydrogen-bond acceptors (Lipinski definition) is 4. The molecule has 3 aromatic rings. The van der Waals surface area contributed by atoms with Crippen molar-refractivity contribution in [1.29, 1.82) is 0 Å². The maximum atomic E-state index is 12.2. The molecule has 2 heterocycles. The van der Waals surface area contributed by atoms with Gasteiger partial charge < -0.3 is 5.32 Å². The molecule has 0 aliphatic rings. The molecule has 0 fully saturated rings. The molecule has 0 atom stereocenters. The molecule has 7 nitrogen and oxygen atoms in total. The van der Waals surface area contributed by atoms with Gasteiger partial charge in [-0.3, -0.25) is 15.0 Å². The zero-order chi connectivity index (χ0) is 15.7. The molecule has 0 radical (unpaired) electrons. The van der Waals surface area contributed by atoms with Gasteiger partial charge >= 0.3 is 0 Å². The van der Waals surface area contributed by atoms with Gasteiger partial charge in [0.2, 0.25) is 0 Å². The molecule has 0 saturated carbocycles. The van der Waals surface area contributed by atoms with Crippen molar-refractivity contribution in [3.05, 3.63) is 46.0 Å². The van der Waals surface area contributed by atoms with E-state index in [4.69, 9.17) is 0 Å². The molecule has 112 valence electrons. The average Bonchev–Trinajstić information content (AvgIpc) is 3.07. The third-order valence-electron chi connectivity index (χ3n) is 3.09. The second-order valence-corrected chi connectivity index (χ2v) is 5.58. The van der Waals surface area contributed by atoms with E-state index >= 15 is 0 Å². The van der Waals surface area contributed by atoms with E-state index in [1.807, 2.05) is 26.0 Å². The van der Waals surface area contributed by atoms with Crippen molar-refractivity contribution in [1.82, 2.24) is 25.4 Å². The third-order valence-corrected chi connectivity index (χ3v) is 4.06. The molecular formula is C14H13BrN6O. The van der Waals surface area contributed by atoms with Gasteiger partial charge in [0.1, 0.15) is 5.82 Å². The lowest BCUT2D eigenvalue weighted by Gasteiger charge is -2.04. The average molecular weight is 361 g/mol. The highest BCUT2D eigenvalue weighted by atomic mass is 79.9. The normalized spacial score (nSPS) is 10.7. The molecule has 0 aliphatic heterocycles. The van der Waals surface area contributed by atoms with Crippen LogP contribution in [0.2, 0.25) is 0 Å². The van der Waals surface area contributed by atoms with Gasteiger partial charge in [-0.15, -0.1) is 0 Å². The van der Waals surface area contributed by atoms with Gasteiger partial charge in [-0.2, -0.15) is 10.2 Å². The van der Waals surface area contributed by atoms with Gasteiger partial charge in [0.05, 0.1) is 4.47 Å². The molecule has 0 aliphatic carbocycles. The van der Waals surface area contributed by atoms with Crippen LogP contribution in [0.3, 0.4) is 0 Å². The van der Waals surface area contributed by atoms with Crippen LogP contribution in [0.5, 0.6) is 0 Å². The molecule has 0 unspecified atom stereocenters. The van der Waals surface area contributed by atoms with Crippen LogP contribution in [-0.2, 0) is 0 Å². The molecule has 8 heteroatoms. The second kappa shape index (κ2) is 5.72. The summed E-state index contributed by atoms with van der Waals surface area (Å²) in [5, 5.41) is 16.4. The summed E-state index contributed by atoms with van der Waals surface area (Å²) in [5.74, 6) is 1.10. The van der Waals surface area contributed by atoms with Crippen LogP contribution in [0.1, 0.15) is 22.0 Å². The number of aryl methyl sites for hydroxylation is 2. The molecule has 0 bridgehead atoms. The van der Waals surface area contributed by atoms with Gasteiger partial charge in [0.25, 0.3) is 5.91 Å². The standard InChI is InChI=1S/C14H13BrN6O/c1-7-11(15)12(20-18-7)14(22)17-10-5-3-9(4-6-10)13-16-8(2)19-21-13/h3-6H,1-2H3,(H,17,22)(H,18,20)(H,16,19,21). The Balaban J connectivity index is 1.76. The molecule has 2 aromatic heterocycles. The minimum atomic E-state index is -0.280. The number of anilines is 1. The third kappa shape index (κ3) is 2.77. The Morgan fingerprint density at radius 1 is 1.14 bits per heavy atom. The highest BCUT2D eigenvalue weighted by Crippen LogP contribution is 2.21. The van der Waals surface area contributed by atoms with Crippen molar-refractivity contribution in [2.45, 2.75) is 13.8 Å². The molecule has 0 spiro atoms. The van der Waals surface area contributed by atoms with Crippen molar-refractivity contribution >= 4 is 27.5 Å². The van der Waals surface area contributed by atoms with Gasteiger partial charge in [0.15, 0.2) is 11.5 Å². The van der Waals surface area contributed by atoms with Crippen LogP contribution in [-0.4, -0.2) is 31.3 Å². The molecular weight excluding hydrogens is 348 g/mol. The van der Waals surface area contributed by atoms with E-state index in [0.29, 0.717) is 21.7 Å². The zero-order valence-corrected chi connectivity index (χ0v) is 13.5. The first-order valence-corrected chi connectivity index (χ1v) is 7.35. The molecule has 1 aromatic carbocycles. The predicted octanol–water partition coefficient (Wildman–Crippen LogP) is 2.83. The van der Waals surface area contributed by atoms with Crippen molar-refractivity contribution in [2.24, 2.45) is 0 Å². The number of hydrogen-bond donors (Lipinski definition) is 3. The Hall–Kier alpha value is -2.48. The summed E-state index contributed by atoms with van der Waals surface area (Å²) < 4.78 is 0.665. The summed E-state index contributed by atoms with van der Waals surface area (Å²) in [6, 6.07) is 7.30. The number of carbonyl (C=O) groups excluding carboxylic acids is 1. The first-order valence-electron chi connectivity index (χ1n) is 6.56. The SMILES string of the molecule is Cc1nc(-c2ccc(NC(=O)c3n[nH]c(C)c3Br)cc2)n[nH]1. The van der Waals surface area contributed by atoms with Crippen molar-refractivity contribution in [2.75, 3.05) is 5.32 Å². The fraction of sp³-hybridized carbons (Fsp3) is 0.143. The van der Waals surface area contributed by atoms with E-state index in [1.165, 1.54) is 0 Å². The largest absolute Gasteiger partial charge is 0.321 e. The number of rotatable bonds is 3. The summed E-state index contributed by atoms with van der Waals surface area (Å²) in [6.07, 6.45) is 0. The van der Waals surface area contributed by atoms with Crippen LogP contribution in [0.15, 0.2) is 28.7 Å². The van der Waals surface area contributed by atoms with E-state index in [-0.39, 0.29) is 5.91 Å². The summed E-state index contributed by atoms with van der Waals surface area (Å²) in [5.41, 5.74) is 2.68. The number of amides is 1. The molecule has 0 saturated heterocycles. The fourth-order valence-electron chi connectivity index (χ4n) is 1.93. The van der Waals surface area contributed by atoms with Crippen LogP contribution in [0.25, 0.3) is 11.4 Å². The monoisotopic (exact) mass is 360 g/mol. The Labute approximate surface area is 134 Å². The number of nitrogens with one attached hydrogen (secondary N) is 3. The highest BCUT2D eigenvalue weighted by molar-refractivity contribution is 9.10. The zero-order valence-electron chi connectivity index (χ0n) is 11.9.